The number of allylic oxidation sites excluding steroid dienone is 1. The molecule has 0 aliphatic carbocycles. The molecular weight excluding hydrogens is 436 g/mol. The Morgan fingerprint density at radius 1 is 1.48 bits per heavy atom. The Morgan fingerprint density at radius 2 is 2.28 bits per heavy atom. The number of anilines is 1. The van der Waals surface area contributed by atoms with Gasteiger partial charge < -0.3 is 9.47 Å². The first-order chi connectivity index (χ1) is 13.8. The summed E-state index contributed by atoms with van der Waals surface area (Å²) in [7, 11) is -2.99. The van der Waals surface area contributed by atoms with Crippen LogP contribution in [0, 0.1) is 0 Å². The van der Waals surface area contributed by atoms with Crippen LogP contribution in [0.3, 0.4) is 0 Å². The maximum Gasteiger partial charge on any atom is 0.261 e. The topological polar surface area (TPSA) is 101 Å². The fraction of sp³-hybridized carbons (Fsp3) is 0.368. The zero-order valence-electron chi connectivity index (χ0n) is 16.1. The number of aromatic nitrogens is 1. The van der Waals surface area contributed by atoms with Gasteiger partial charge in [0, 0.05) is 30.7 Å². The van der Waals surface area contributed by atoms with Crippen molar-refractivity contribution in [2.24, 2.45) is 0 Å². The van der Waals surface area contributed by atoms with Crippen molar-refractivity contribution >= 4 is 50.1 Å². The Labute approximate surface area is 180 Å². The largest absolute Gasteiger partial charge is 0.491 e. The second kappa shape index (κ2) is 9.46. The summed E-state index contributed by atoms with van der Waals surface area (Å²) in [5, 5.41) is 5.20. The van der Waals surface area contributed by atoms with Gasteiger partial charge in [0.05, 0.1) is 28.7 Å². The number of hydrogen-bond acceptors (Lipinski definition) is 7. The predicted molar refractivity (Wildman–Crippen MR) is 117 cm³/mol. The highest BCUT2D eigenvalue weighted by Gasteiger charge is 2.25. The molecule has 2 heterocycles. The molecule has 1 aromatic carbocycles. The number of amides is 1. The van der Waals surface area contributed by atoms with Crippen molar-refractivity contribution in [3.8, 4) is 0 Å². The summed E-state index contributed by atoms with van der Waals surface area (Å²) in [6.45, 7) is 3.00. The molecule has 1 saturated heterocycles. The van der Waals surface area contributed by atoms with E-state index in [1.165, 1.54) is 23.7 Å². The number of halogens is 1. The average molecular weight is 459 g/mol. The molecule has 0 spiro atoms. The quantitative estimate of drug-likeness (QED) is 0.394. The Bertz CT molecular complexity index is 890. The molecule has 0 saturated carbocycles. The van der Waals surface area contributed by atoms with E-state index in [9.17, 15) is 13.9 Å². The van der Waals surface area contributed by atoms with Gasteiger partial charge >= 0.3 is 0 Å². The summed E-state index contributed by atoms with van der Waals surface area (Å²) in [4.78, 5) is 17.5. The number of carbonyl (C=O) groups excluding carboxylic acids is 1. The first-order valence-electron chi connectivity index (χ1n) is 9.01. The average Bonchev–Trinajstić information content (AvgIpc) is 3.34. The van der Waals surface area contributed by atoms with E-state index in [0.717, 1.165) is 6.42 Å². The van der Waals surface area contributed by atoms with Gasteiger partial charge in [-0.1, -0.05) is 24.6 Å². The van der Waals surface area contributed by atoms with Crippen molar-refractivity contribution in [2.75, 3.05) is 24.8 Å². The highest BCUT2D eigenvalue weighted by atomic mass is 35.5. The van der Waals surface area contributed by atoms with Crippen LogP contribution in [0.25, 0.3) is 5.57 Å². The van der Waals surface area contributed by atoms with E-state index in [1.54, 1.807) is 23.7 Å². The van der Waals surface area contributed by atoms with Gasteiger partial charge in [-0.05, 0) is 17.7 Å². The van der Waals surface area contributed by atoms with Gasteiger partial charge in [0.1, 0.15) is 11.9 Å². The first-order valence-corrected chi connectivity index (χ1v) is 12.2. The fourth-order valence-electron chi connectivity index (χ4n) is 2.96. The van der Waals surface area contributed by atoms with Crippen molar-refractivity contribution in [3.05, 3.63) is 46.1 Å². The van der Waals surface area contributed by atoms with Crippen molar-refractivity contribution < 1.29 is 23.4 Å². The summed E-state index contributed by atoms with van der Waals surface area (Å²) in [6.07, 6.45) is 4.03. The maximum absolute atomic E-state index is 13.1. The Hall–Kier alpha value is -1.62. The van der Waals surface area contributed by atoms with E-state index in [4.69, 9.17) is 21.1 Å². The zero-order chi connectivity index (χ0) is 21.0. The summed E-state index contributed by atoms with van der Waals surface area (Å²) in [5.41, 5.74) is 0.850. The molecule has 0 radical (unpaired) electrons. The lowest BCUT2D eigenvalue weighted by molar-refractivity contribution is -0.111. The number of rotatable bonds is 7. The molecule has 1 fully saturated rings. The van der Waals surface area contributed by atoms with Crippen LogP contribution >= 0.6 is 33.5 Å². The number of nitrogens with one attached hydrogen (secondary N) is 1. The van der Waals surface area contributed by atoms with E-state index in [0.29, 0.717) is 41.7 Å². The molecule has 1 aliphatic rings. The standard InChI is InChI=1S/C19H23ClN2O5S2/c1-3-15(27-13-6-8-26-11-13)17(18(23)22-19-21-7-9-28-19)12-4-5-16(14(20)10-12)29(2,24)25/h4-5,7,9-10,13,24-25H,3,6,8,11H2,1-2H3,(H,21,22,23)/b17-15+. The minimum absolute atomic E-state index is 0.120. The second-order valence-electron chi connectivity index (χ2n) is 6.53. The molecule has 1 unspecified atom stereocenters. The number of carbonyl (C=O) groups is 1. The van der Waals surface area contributed by atoms with Gasteiger partial charge in [-0.3, -0.25) is 19.2 Å². The molecule has 10 heteroatoms. The molecule has 0 bridgehead atoms. The number of benzene rings is 1. The van der Waals surface area contributed by atoms with Gasteiger partial charge in [-0.25, -0.2) is 4.98 Å². The van der Waals surface area contributed by atoms with E-state index >= 15 is 0 Å². The molecule has 1 amide bonds. The van der Waals surface area contributed by atoms with Crippen LogP contribution in [-0.2, 0) is 14.3 Å². The summed E-state index contributed by atoms with van der Waals surface area (Å²) >= 11 is 7.61. The number of ether oxygens (including phenoxy) is 2. The fourth-order valence-corrected chi connectivity index (χ4v) is 4.86. The molecule has 7 nitrogen and oxygen atoms in total. The summed E-state index contributed by atoms with van der Waals surface area (Å²) in [6, 6.07) is 4.71. The van der Waals surface area contributed by atoms with Crippen molar-refractivity contribution in [3.63, 3.8) is 0 Å². The van der Waals surface area contributed by atoms with E-state index in [2.05, 4.69) is 10.3 Å². The van der Waals surface area contributed by atoms with E-state index in [1.807, 2.05) is 6.92 Å². The molecule has 29 heavy (non-hydrogen) atoms. The molecule has 1 atom stereocenters. The molecule has 3 N–H and O–H groups in total. The Morgan fingerprint density at radius 3 is 2.83 bits per heavy atom. The minimum atomic E-state index is -2.99. The number of thiazole rings is 1. The second-order valence-corrected chi connectivity index (χ2v) is 9.93. The molecule has 3 rings (SSSR count). The highest BCUT2D eigenvalue weighted by Crippen LogP contribution is 2.48. The van der Waals surface area contributed by atoms with Crippen LogP contribution in [0.1, 0.15) is 25.3 Å². The molecule has 1 aliphatic heterocycles. The Kier molecular flexibility index (Phi) is 7.20. The Balaban J connectivity index is 2.02. The third kappa shape index (κ3) is 5.50. The van der Waals surface area contributed by atoms with Crippen molar-refractivity contribution in [1.29, 1.82) is 0 Å². The van der Waals surface area contributed by atoms with Gasteiger partial charge in [-0.15, -0.1) is 11.3 Å². The maximum atomic E-state index is 13.1. The highest BCUT2D eigenvalue weighted by molar-refractivity contribution is 8.23. The molecule has 1 aromatic heterocycles. The lowest BCUT2D eigenvalue weighted by atomic mass is 10.0. The minimum Gasteiger partial charge on any atom is -0.491 e. The summed E-state index contributed by atoms with van der Waals surface area (Å²) < 4.78 is 31.4. The summed E-state index contributed by atoms with van der Waals surface area (Å²) in [5.74, 6) is 0.143. The normalized spacial score (nSPS) is 18.3. The van der Waals surface area contributed by atoms with E-state index < -0.39 is 10.6 Å². The van der Waals surface area contributed by atoms with Gasteiger partial charge in [0.15, 0.2) is 5.13 Å². The molecular formula is C19H23ClN2O5S2. The lowest BCUT2D eigenvalue weighted by Crippen LogP contribution is -2.19. The van der Waals surface area contributed by atoms with Crippen molar-refractivity contribution in [2.45, 2.75) is 30.8 Å². The van der Waals surface area contributed by atoms with Gasteiger partial charge in [-0.2, -0.15) is 10.6 Å². The van der Waals surface area contributed by atoms with E-state index in [-0.39, 0.29) is 21.9 Å². The monoisotopic (exact) mass is 458 g/mol. The van der Waals surface area contributed by atoms with Crippen LogP contribution in [0.4, 0.5) is 5.13 Å². The molecule has 2 aromatic rings. The molecule has 158 valence electrons. The SMILES string of the molecule is CC/C(OC1CCOC1)=C(\C(=O)Nc1nccs1)c1ccc(S(C)(O)O)c(Cl)c1. The first kappa shape index (κ1) is 22.1. The van der Waals surface area contributed by atoms with Crippen LogP contribution in [0.15, 0.2) is 40.4 Å². The smallest absolute Gasteiger partial charge is 0.261 e. The van der Waals surface area contributed by atoms with Crippen LogP contribution in [0.2, 0.25) is 5.02 Å². The van der Waals surface area contributed by atoms with Crippen LogP contribution in [0.5, 0.6) is 0 Å². The number of hydrogen-bond donors (Lipinski definition) is 3. The van der Waals surface area contributed by atoms with Crippen molar-refractivity contribution in [1.82, 2.24) is 4.98 Å². The third-order valence-electron chi connectivity index (χ3n) is 4.31. The van der Waals surface area contributed by atoms with Gasteiger partial charge in [0.25, 0.3) is 5.91 Å². The zero-order valence-corrected chi connectivity index (χ0v) is 18.4. The van der Waals surface area contributed by atoms with Gasteiger partial charge in [0.2, 0.25) is 0 Å². The van der Waals surface area contributed by atoms with Crippen LogP contribution < -0.4 is 5.32 Å². The lowest BCUT2D eigenvalue weighted by Gasteiger charge is -2.28. The number of nitrogens with zero attached hydrogens (tertiary/aromatic N) is 1. The predicted octanol–water partition coefficient (Wildman–Crippen LogP) is 5.10. The van der Waals surface area contributed by atoms with Crippen LogP contribution in [-0.4, -0.2) is 45.6 Å². The third-order valence-corrected chi connectivity index (χ3v) is 6.62.